The lowest BCUT2D eigenvalue weighted by molar-refractivity contribution is -0.124. The third-order valence-electron chi connectivity index (χ3n) is 2.43. The first-order valence-electron chi connectivity index (χ1n) is 5.21. The van der Waals surface area contributed by atoms with Crippen molar-refractivity contribution >= 4 is 5.91 Å². The molecule has 3 nitrogen and oxygen atoms in total. The lowest BCUT2D eigenvalue weighted by Gasteiger charge is -2.29. The molecule has 1 heterocycles. The number of carbonyl (C=O) groups excluding carboxylic acids is 1. The number of piperidine rings is 1. The van der Waals surface area contributed by atoms with Crippen LogP contribution in [0.1, 0.15) is 33.1 Å². The largest absolute Gasteiger partial charge is 0.354 e. The summed E-state index contributed by atoms with van der Waals surface area (Å²) in [7, 11) is 0. The summed E-state index contributed by atoms with van der Waals surface area (Å²) in [5.41, 5.74) is -1.29. The normalized spacial score (nSPS) is 20.9. The minimum absolute atomic E-state index is 0.00681. The fraction of sp³-hybridized carbons (Fsp3) is 0.900. The highest BCUT2D eigenvalue weighted by Crippen LogP contribution is 2.26. The number of alkyl halides is 1. The van der Waals surface area contributed by atoms with Crippen LogP contribution in [-0.4, -0.2) is 30.7 Å². The minimum atomic E-state index is -1.29. The van der Waals surface area contributed by atoms with Crippen molar-refractivity contribution in [3.63, 3.8) is 0 Å². The van der Waals surface area contributed by atoms with Gasteiger partial charge < -0.3 is 10.6 Å². The van der Waals surface area contributed by atoms with Gasteiger partial charge in [-0.05, 0) is 39.8 Å². The van der Waals surface area contributed by atoms with Gasteiger partial charge in [0.15, 0.2) is 0 Å². The first-order chi connectivity index (χ1) is 6.52. The number of halogens is 1. The molecule has 1 aliphatic heterocycles. The molecule has 1 saturated heterocycles. The minimum Gasteiger partial charge on any atom is -0.354 e. The molecule has 2 N–H and O–H groups in total. The van der Waals surface area contributed by atoms with Crippen LogP contribution < -0.4 is 10.6 Å². The third kappa shape index (κ3) is 3.62. The van der Waals surface area contributed by atoms with Crippen LogP contribution in [-0.2, 0) is 4.79 Å². The summed E-state index contributed by atoms with van der Waals surface area (Å²) in [6, 6.07) is 0.0906. The lowest BCUT2D eigenvalue weighted by atomic mass is 9.90. The Kier molecular flexibility index (Phi) is 3.86. The first kappa shape index (κ1) is 11.4. The zero-order valence-electron chi connectivity index (χ0n) is 8.90. The molecule has 1 aliphatic rings. The van der Waals surface area contributed by atoms with Crippen molar-refractivity contribution in [2.75, 3.05) is 13.1 Å². The van der Waals surface area contributed by atoms with E-state index < -0.39 is 5.67 Å². The first-order valence-corrected chi connectivity index (χ1v) is 5.21. The van der Waals surface area contributed by atoms with Crippen molar-refractivity contribution in [1.29, 1.82) is 0 Å². The highest BCUT2D eigenvalue weighted by molar-refractivity contribution is 5.77. The standard InChI is InChI=1S/C10H19FN2O/c1-8(2)13-9(14)7-10(11)3-5-12-6-4-10/h8,12H,3-7H2,1-2H3,(H,13,14). The topological polar surface area (TPSA) is 41.1 Å². The zero-order chi connectivity index (χ0) is 10.6. The second-order valence-corrected chi connectivity index (χ2v) is 4.30. The quantitative estimate of drug-likeness (QED) is 0.716. The zero-order valence-corrected chi connectivity index (χ0v) is 8.90. The van der Waals surface area contributed by atoms with E-state index in [1.807, 2.05) is 13.8 Å². The Bertz CT molecular complexity index is 200. The van der Waals surface area contributed by atoms with Gasteiger partial charge in [-0.2, -0.15) is 0 Å². The van der Waals surface area contributed by atoms with Gasteiger partial charge in [-0.15, -0.1) is 0 Å². The van der Waals surface area contributed by atoms with Crippen LogP contribution in [0.3, 0.4) is 0 Å². The molecule has 1 amide bonds. The maximum absolute atomic E-state index is 14.0. The molecule has 14 heavy (non-hydrogen) atoms. The molecule has 0 unspecified atom stereocenters. The van der Waals surface area contributed by atoms with Crippen LogP contribution in [0, 0.1) is 0 Å². The van der Waals surface area contributed by atoms with Crippen molar-refractivity contribution < 1.29 is 9.18 Å². The maximum Gasteiger partial charge on any atom is 0.223 e. The van der Waals surface area contributed by atoms with Gasteiger partial charge in [-0.3, -0.25) is 4.79 Å². The van der Waals surface area contributed by atoms with Gasteiger partial charge in [0, 0.05) is 6.04 Å². The van der Waals surface area contributed by atoms with Gasteiger partial charge >= 0.3 is 0 Å². The molecule has 4 heteroatoms. The molecular weight excluding hydrogens is 183 g/mol. The molecule has 0 spiro atoms. The van der Waals surface area contributed by atoms with Crippen molar-refractivity contribution in [2.24, 2.45) is 0 Å². The van der Waals surface area contributed by atoms with Crippen LogP contribution in [0.25, 0.3) is 0 Å². The van der Waals surface area contributed by atoms with Crippen molar-refractivity contribution in [3.05, 3.63) is 0 Å². The molecule has 0 radical (unpaired) electrons. The summed E-state index contributed by atoms with van der Waals surface area (Å²) in [4.78, 5) is 11.4. The summed E-state index contributed by atoms with van der Waals surface area (Å²) in [5.74, 6) is -0.176. The predicted octanol–water partition coefficient (Wildman–Crippen LogP) is 0.993. The van der Waals surface area contributed by atoms with Crippen LogP contribution >= 0.6 is 0 Å². The van der Waals surface area contributed by atoms with Crippen LogP contribution in [0.4, 0.5) is 4.39 Å². The van der Waals surface area contributed by atoms with Crippen LogP contribution in [0.5, 0.6) is 0 Å². The summed E-state index contributed by atoms with van der Waals surface area (Å²) in [6.45, 7) is 5.10. The molecule has 82 valence electrons. The van der Waals surface area contributed by atoms with Gasteiger partial charge in [0.2, 0.25) is 5.91 Å². The van der Waals surface area contributed by atoms with Gasteiger partial charge in [-0.25, -0.2) is 4.39 Å². The van der Waals surface area contributed by atoms with Gasteiger partial charge in [-0.1, -0.05) is 0 Å². The molecule has 0 atom stereocenters. The molecule has 0 aromatic rings. The van der Waals surface area contributed by atoms with Crippen molar-refractivity contribution in [1.82, 2.24) is 10.6 Å². The number of amides is 1. The van der Waals surface area contributed by atoms with Crippen LogP contribution in [0.2, 0.25) is 0 Å². The Labute approximate surface area is 84.4 Å². The number of hydrogen-bond donors (Lipinski definition) is 2. The average molecular weight is 202 g/mol. The monoisotopic (exact) mass is 202 g/mol. The van der Waals surface area contributed by atoms with E-state index in [0.717, 1.165) is 0 Å². The predicted molar refractivity (Wildman–Crippen MR) is 53.8 cm³/mol. The molecule has 0 bridgehead atoms. The van der Waals surface area contributed by atoms with Gasteiger partial charge in [0.05, 0.1) is 6.42 Å². The SMILES string of the molecule is CC(C)NC(=O)CC1(F)CCNCC1. The van der Waals surface area contributed by atoms with E-state index in [1.165, 1.54) is 0 Å². The summed E-state index contributed by atoms with van der Waals surface area (Å²) >= 11 is 0. The third-order valence-corrected chi connectivity index (χ3v) is 2.43. The van der Waals surface area contributed by atoms with E-state index in [-0.39, 0.29) is 18.4 Å². The molecule has 0 aliphatic carbocycles. The van der Waals surface area contributed by atoms with Crippen molar-refractivity contribution in [3.8, 4) is 0 Å². The summed E-state index contributed by atoms with van der Waals surface area (Å²) < 4.78 is 14.0. The van der Waals surface area contributed by atoms with E-state index in [4.69, 9.17) is 0 Å². The van der Waals surface area contributed by atoms with E-state index in [0.29, 0.717) is 25.9 Å². The summed E-state index contributed by atoms with van der Waals surface area (Å²) in [6.07, 6.45) is 0.893. The van der Waals surface area contributed by atoms with E-state index in [1.54, 1.807) is 0 Å². The van der Waals surface area contributed by atoms with E-state index in [2.05, 4.69) is 10.6 Å². The molecule has 1 fully saturated rings. The Hall–Kier alpha value is -0.640. The van der Waals surface area contributed by atoms with E-state index in [9.17, 15) is 9.18 Å². The van der Waals surface area contributed by atoms with Crippen molar-refractivity contribution in [2.45, 2.75) is 44.8 Å². The molecule has 0 saturated carbocycles. The fourth-order valence-electron chi connectivity index (χ4n) is 1.71. The number of carbonyl (C=O) groups is 1. The highest BCUT2D eigenvalue weighted by atomic mass is 19.1. The Balaban J connectivity index is 2.37. The molecule has 0 aromatic heterocycles. The Morgan fingerprint density at radius 3 is 2.57 bits per heavy atom. The smallest absolute Gasteiger partial charge is 0.223 e. The van der Waals surface area contributed by atoms with Crippen LogP contribution in [0.15, 0.2) is 0 Å². The highest BCUT2D eigenvalue weighted by Gasteiger charge is 2.34. The molecule has 1 rings (SSSR count). The molecular formula is C10H19FN2O. The summed E-state index contributed by atoms with van der Waals surface area (Å²) in [5, 5.41) is 5.80. The number of hydrogen-bond acceptors (Lipinski definition) is 2. The van der Waals surface area contributed by atoms with E-state index >= 15 is 0 Å². The van der Waals surface area contributed by atoms with Gasteiger partial charge in [0.25, 0.3) is 0 Å². The number of nitrogens with one attached hydrogen (secondary N) is 2. The fourth-order valence-corrected chi connectivity index (χ4v) is 1.71. The lowest BCUT2D eigenvalue weighted by Crippen LogP contribution is -2.43. The van der Waals surface area contributed by atoms with Gasteiger partial charge in [0.1, 0.15) is 5.67 Å². The molecule has 0 aromatic carbocycles. The second-order valence-electron chi connectivity index (χ2n) is 4.30. The second kappa shape index (κ2) is 4.73. The Morgan fingerprint density at radius 1 is 1.50 bits per heavy atom. The number of rotatable bonds is 3. The Morgan fingerprint density at radius 2 is 2.07 bits per heavy atom. The average Bonchev–Trinajstić information content (AvgIpc) is 2.02. The maximum atomic E-state index is 14.0.